The molecule has 4 nitrogen and oxygen atoms in total. The first-order chi connectivity index (χ1) is 10.6. The van der Waals surface area contributed by atoms with Gasteiger partial charge in [0.1, 0.15) is 5.52 Å². The zero-order chi connectivity index (χ0) is 15.5. The first-order valence-electron chi connectivity index (χ1n) is 7.33. The van der Waals surface area contributed by atoms with E-state index in [1.807, 2.05) is 6.92 Å². The maximum atomic E-state index is 14.5. The van der Waals surface area contributed by atoms with Gasteiger partial charge < -0.3 is 14.8 Å². The molecule has 2 unspecified atom stereocenters. The van der Waals surface area contributed by atoms with Crippen LogP contribution in [-0.2, 0) is 9.47 Å². The van der Waals surface area contributed by atoms with Crippen molar-refractivity contribution in [2.24, 2.45) is 0 Å². The van der Waals surface area contributed by atoms with Crippen LogP contribution in [0.15, 0.2) is 24.4 Å². The Bertz CT molecular complexity index is 662. The summed E-state index contributed by atoms with van der Waals surface area (Å²) < 4.78 is 25.5. The summed E-state index contributed by atoms with van der Waals surface area (Å²) >= 11 is 6.05. The topological polar surface area (TPSA) is 43.4 Å². The lowest BCUT2D eigenvalue weighted by atomic mass is 10.1. The van der Waals surface area contributed by atoms with Gasteiger partial charge in [0.05, 0.1) is 30.0 Å². The van der Waals surface area contributed by atoms with Gasteiger partial charge in [0.2, 0.25) is 0 Å². The summed E-state index contributed by atoms with van der Waals surface area (Å²) in [6.45, 7) is 3.83. The zero-order valence-electron chi connectivity index (χ0n) is 12.3. The molecule has 22 heavy (non-hydrogen) atoms. The number of pyridine rings is 1. The fraction of sp³-hybridized carbons (Fsp3) is 0.438. The standard InChI is InChI=1S/C16H18ClFN2O2/c1-10(8-22-11-5-7-21-9-11)20-14-3-2-12-13(17)4-6-19-16(12)15(14)18/h2-4,6,10-11,20H,5,7-9H2,1H3. The van der Waals surface area contributed by atoms with Gasteiger partial charge in [-0.05, 0) is 31.5 Å². The lowest BCUT2D eigenvalue weighted by Gasteiger charge is -2.18. The number of halogens is 2. The number of hydrogen-bond donors (Lipinski definition) is 1. The average molecular weight is 325 g/mol. The number of nitrogens with one attached hydrogen (secondary N) is 1. The fourth-order valence-electron chi connectivity index (χ4n) is 2.49. The molecule has 3 rings (SSSR count). The Labute approximate surface area is 133 Å². The van der Waals surface area contributed by atoms with E-state index in [2.05, 4.69) is 10.3 Å². The molecule has 0 aliphatic carbocycles. The Morgan fingerprint density at radius 1 is 1.50 bits per heavy atom. The van der Waals surface area contributed by atoms with Gasteiger partial charge in [-0.2, -0.15) is 0 Å². The number of fused-ring (bicyclic) bond motifs is 1. The first kappa shape index (κ1) is 15.5. The molecule has 0 bridgehead atoms. The molecule has 2 aromatic rings. The van der Waals surface area contributed by atoms with E-state index in [4.69, 9.17) is 21.1 Å². The van der Waals surface area contributed by atoms with E-state index in [1.165, 1.54) is 6.20 Å². The molecule has 1 saturated heterocycles. The van der Waals surface area contributed by atoms with Crippen molar-refractivity contribution in [2.45, 2.75) is 25.5 Å². The van der Waals surface area contributed by atoms with E-state index in [-0.39, 0.29) is 17.7 Å². The Morgan fingerprint density at radius 2 is 2.36 bits per heavy atom. The highest BCUT2D eigenvalue weighted by Gasteiger charge is 2.18. The maximum absolute atomic E-state index is 14.5. The number of ether oxygens (including phenoxy) is 2. The average Bonchev–Trinajstić information content (AvgIpc) is 3.02. The highest BCUT2D eigenvalue weighted by atomic mass is 35.5. The normalized spacial score (nSPS) is 19.5. The predicted octanol–water partition coefficient (Wildman–Crippen LogP) is 3.63. The molecular weight excluding hydrogens is 307 g/mol. The van der Waals surface area contributed by atoms with Gasteiger partial charge in [-0.25, -0.2) is 4.39 Å². The van der Waals surface area contributed by atoms with Crippen LogP contribution in [0.5, 0.6) is 0 Å². The van der Waals surface area contributed by atoms with Crippen LogP contribution >= 0.6 is 11.6 Å². The van der Waals surface area contributed by atoms with Gasteiger partial charge in [0, 0.05) is 24.2 Å². The van der Waals surface area contributed by atoms with Crippen LogP contribution in [0.1, 0.15) is 13.3 Å². The molecule has 2 heterocycles. The Balaban J connectivity index is 1.69. The summed E-state index contributed by atoms with van der Waals surface area (Å²) in [4.78, 5) is 4.07. The second-order valence-corrected chi connectivity index (χ2v) is 5.89. The van der Waals surface area contributed by atoms with Gasteiger partial charge in [0.25, 0.3) is 0 Å². The van der Waals surface area contributed by atoms with Gasteiger partial charge in [0.15, 0.2) is 5.82 Å². The Hall–Kier alpha value is -1.43. The van der Waals surface area contributed by atoms with E-state index in [0.29, 0.717) is 29.3 Å². The number of aromatic nitrogens is 1. The molecule has 0 amide bonds. The van der Waals surface area contributed by atoms with Gasteiger partial charge in [-0.1, -0.05) is 11.6 Å². The van der Waals surface area contributed by atoms with E-state index in [0.717, 1.165) is 13.0 Å². The van der Waals surface area contributed by atoms with Crippen molar-refractivity contribution in [3.8, 4) is 0 Å². The lowest BCUT2D eigenvalue weighted by Crippen LogP contribution is -2.26. The van der Waals surface area contributed by atoms with Crippen molar-refractivity contribution < 1.29 is 13.9 Å². The van der Waals surface area contributed by atoms with Gasteiger partial charge >= 0.3 is 0 Å². The molecule has 1 fully saturated rings. The van der Waals surface area contributed by atoms with Crippen LogP contribution in [0.4, 0.5) is 10.1 Å². The Kier molecular flexibility index (Phi) is 4.76. The summed E-state index contributed by atoms with van der Waals surface area (Å²) in [6.07, 6.45) is 2.56. The van der Waals surface area contributed by atoms with E-state index < -0.39 is 5.82 Å². The van der Waals surface area contributed by atoms with Crippen LogP contribution in [0, 0.1) is 5.82 Å². The molecule has 1 aromatic carbocycles. The summed E-state index contributed by atoms with van der Waals surface area (Å²) in [5, 5.41) is 4.23. The van der Waals surface area contributed by atoms with Crippen LogP contribution < -0.4 is 5.32 Å². The summed E-state index contributed by atoms with van der Waals surface area (Å²) in [6, 6.07) is 5.08. The van der Waals surface area contributed by atoms with Crippen LogP contribution in [0.25, 0.3) is 10.9 Å². The molecule has 1 N–H and O–H groups in total. The monoisotopic (exact) mass is 324 g/mol. The quantitative estimate of drug-likeness (QED) is 0.912. The third-order valence-corrected chi connectivity index (χ3v) is 4.00. The second kappa shape index (κ2) is 6.77. The zero-order valence-corrected chi connectivity index (χ0v) is 13.1. The molecule has 1 aliphatic heterocycles. The molecule has 2 atom stereocenters. The molecule has 0 spiro atoms. The minimum atomic E-state index is -0.393. The SMILES string of the molecule is CC(COC1CCOC1)Nc1ccc2c(Cl)ccnc2c1F. The number of nitrogens with zero attached hydrogens (tertiary/aromatic N) is 1. The minimum absolute atomic E-state index is 0.0215. The molecule has 0 saturated carbocycles. The Morgan fingerprint density at radius 3 is 3.14 bits per heavy atom. The van der Waals surface area contributed by atoms with Crippen LogP contribution in [0.2, 0.25) is 5.02 Å². The van der Waals surface area contributed by atoms with E-state index in [1.54, 1.807) is 18.2 Å². The first-order valence-corrected chi connectivity index (χ1v) is 7.71. The lowest BCUT2D eigenvalue weighted by molar-refractivity contribution is 0.0395. The van der Waals surface area contributed by atoms with Crippen molar-refractivity contribution in [3.63, 3.8) is 0 Å². The van der Waals surface area contributed by atoms with Crippen LogP contribution in [-0.4, -0.2) is 37.0 Å². The van der Waals surface area contributed by atoms with Crippen molar-refractivity contribution in [1.29, 1.82) is 0 Å². The number of rotatable bonds is 5. The molecule has 0 radical (unpaired) electrons. The molecule has 6 heteroatoms. The highest BCUT2D eigenvalue weighted by Crippen LogP contribution is 2.28. The van der Waals surface area contributed by atoms with Gasteiger partial charge in [-0.3, -0.25) is 4.98 Å². The minimum Gasteiger partial charge on any atom is -0.379 e. The van der Waals surface area contributed by atoms with Crippen molar-refractivity contribution in [2.75, 3.05) is 25.1 Å². The van der Waals surface area contributed by atoms with E-state index in [9.17, 15) is 4.39 Å². The number of hydrogen-bond acceptors (Lipinski definition) is 4. The number of anilines is 1. The molecule has 118 valence electrons. The maximum Gasteiger partial charge on any atom is 0.172 e. The molecular formula is C16H18ClFN2O2. The molecule has 1 aliphatic rings. The highest BCUT2D eigenvalue weighted by molar-refractivity contribution is 6.35. The number of benzene rings is 1. The summed E-state index contributed by atoms with van der Waals surface area (Å²) in [5.74, 6) is -0.393. The smallest absolute Gasteiger partial charge is 0.172 e. The largest absolute Gasteiger partial charge is 0.379 e. The van der Waals surface area contributed by atoms with Crippen LogP contribution in [0.3, 0.4) is 0 Å². The van der Waals surface area contributed by atoms with Crippen molar-refractivity contribution in [1.82, 2.24) is 4.98 Å². The third-order valence-electron chi connectivity index (χ3n) is 3.67. The van der Waals surface area contributed by atoms with Crippen molar-refractivity contribution in [3.05, 3.63) is 35.2 Å². The van der Waals surface area contributed by atoms with Gasteiger partial charge in [-0.15, -0.1) is 0 Å². The molecule has 1 aromatic heterocycles. The summed E-state index contributed by atoms with van der Waals surface area (Å²) in [7, 11) is 0. The van der Waals surface area contributed by atoms with Crippen molar-refractivity contribution >= 4 is 28.2 Å². The third kappa shape index (κ3) is 3.32. The predicted molar refractivity (Wildman–Crippen MR) is 85.0 cm³/mol. The fourth-order valence-corrected chi connectivity index (χ4v) is 2.70. The van der Waals surface area contributed by atoms with E-state index >= 15 is 0 Å². The summed E-state index contributed by atoms with van der Waals surface area (Å²) in [5.41, 5.74) is 0.677. The second-order valence-electron chi connectivity index (χ2n) is 5.48.